The first kappa shape index (κ1) is 19.9. The van der Waals surface area contributed by atoms with Crippen molar-refractivity contribution in [3.05, 3.63) is 51.4 Å². The van der Waals surface area contributed by atoms with Gasteiger partial charge in [-0.15, -0.1) is 0 Å². The van der Waals surface area contributed by atoms with E-state index in [-0.39, 0.29) is 18.0 Å². The van der Waals surface area contributed by atoms with Crippen LogP contribution in [0.3, 0.4) is 0 Å². The van der Waals surface area contributed by atoms with Crippen LogP contribution in [0, 0.1) is 0 Å². The zero-order valence-electron chi connectivity index (χ0n) is 16.5. The molecule has 1 aliphatic carbocycles. The summed E-state index contributed by atoms with van der Waals surface area (Å²) in [5.74, 6) is 1.11. The number of methoxy groups -OCH3 is 2. The second kappa shape index (κ2) is 9.39. The summed E-state index contributed by atoms with van der Waals surface area (Å²) in [5, 5.41) is 7.29. The van der Waals surface area contributed by atoms with E-state index in [0.29, 0.717) is 24.5 Å². The maximum atomic E-state index is 12.3. The van der Waals surface area contributed by atoms with Crippen LogP contribution < -0.4 is 20.3 Å². The number of nitrogens with zero attached hydrogens (tertiary/aromatic N) is 2. The Morgan fingerprint density at radius 2 is 1.89 bits per heavy atom. The number of hydrogen-bond acceptors (Lipinski definition) is 5. The van der Waals surface area contributed by atoms with Crippen LogP contribution in [0.25, 0.3) is 0 Å². The third-order valence-electron chi connectivity index (χ3n) is 5.00. The third-order valence-corrected chi connectivity index (χ3v) is 5.00. The van der Waals surface area contributed by atoms with Gasteiger partial charge in [0, 0.05) is 12.6 Å². The van der Waals surface area contributed by atoms with Crippen molar-refractivity contribution in [3.8, 4) is 11.5 Å². The van der Waals surface area contributed by atoms with Crippen LogP contribution in [0.4, 0.5) is 0 Å². The van der Waals surface area contributed by atoms with E-state index in [2.05, 4.69) is 10.4 Å². The normalized spacial score (nSPS) is 13.4. The first-order chi connectivity index (χ1) is 13.6. The van der Waals surface area contributed by atoms with Crippen LogP contribution >= 0.6 is 0 Å². The lowest BCUT2D eigenvalue weighted by molar-refractivity contribution is -0.121. The van der Waals surface area contributed by atoms with Crippen molar-refractivity contribution in [2.45, 2.75) is 45.1 Å². The van der Waals surface area contributed by atoms with Crippen molar-refractivity contribution in [2.75, 3.05) is 20.8 Å². The van der Waals surface area contributed by atoms with Crippen LogP contribution in [0.15, 0.2) is 29.1 Å². The Morgan fingerprint density at radius 3 is 2.68 bits per heavy atom. The van der Waals surface area contributed by atoms with Crippen LogP contribution in [0.2, 0.25) is 0 Å². The molecule has 1 aromatic heterocycles. The van der Waals surface area contributed by atoms with Crippen molar-refractivity contribution < 1.29 is 14.3 Å². The Balaban J connectivity index is 1.56. The maximum absolute atomic E-state index is 12.3. The quantitative estimate of drug-likeness (QED) is 0.736. The summed E-state index contributed by atoms with van der Waals surface area (Å²) in [6, 6.07) is 7.31. The lowest BCUT2D eigenvalue weighted by Gasteiger charge is -2.11. The van der Waals surface area contributed by atoms with Gasteiger partial charge < -0.3 is 14.8 Å². The molecule has 1 heterocycles. The van der Waals surface area contributed by atoms with E-state index in [1.54, 1.807) is 20.3 Å². The number of carbonyl (C=O) groups excluding carboxylic acids is 1. The molecule has 150 valence electrons. The Labute approximate surface area is 164 Å². The molecule has 0 saturated carbocycles. The van der Waals surface area contributed by atoms with Gasteiger partial charge in [-0.2, -0.15) is 5.10 Å². The Kier molecular flexibility index (Phi) is 6.68. The van der Waals surface area contributed by atoms with Crippen molar-refractivity contribution in [2.24, 2.45) is 0 Å². The number of benzene rings is 1. The average Bonchev–Trinajstić information content (AvgIpc) is 2.93. The molecule has 0 unspecified atom stereocenters. The number of carbonyl (C=O) groups is 1. The summed E-state index contributed by atoms with van der Waals surface area (Å²) in [7, 11) is 3.19. The fourth-order valence-electron chi connectivity index (χ4n) is 3.47. The van der Waals surface area contributed by atoms with Gasteiger partial charge in [0.1, 0.15) is 6.54 Å². The third kappa shape index (κ3) is 4.91. The molecule has 2 aromatic rings. The molecule has 0 aliphatic heterocycles. The molecule has 7 heteroatoms. The standard InChI is InChI=1S/C21H27N3O4/c1-27-18-9-8-15(12-19(18)28-2)10-11-22-20(25)14-24-21(26)13-16-6-4-3-5-7-17(16)23-24/h8-9,12-13H,3-7,10-11,14H2,1-2H3,(H,22,25). The topological polar surface area (TPSA) is 82.5 Å². The highest BCUT2D eigenvalue weighted by Gasteiger charge is 2.14. The average molecular weight is 385 g/mol. The summed E-state index contributed by atoms with van der Waals surface area (Å²) in [5.41, 5.74) is 2.80. The monoisotopic (exact) mass is 385 g/mol. The lowest BCUT2D eigenvalue weighted by Crippen LogP contribution is -2.35. The van der Waals surface area contributed by atoms with Gasteiger partial charge in [0.25, 0.3) is 5.56 Å². The van der Waals surface area contributed by atoms with Gasteiger partial charge in [-0.3, -0.25) is 9.59 Å². The first-order valence-corrected chi connectivity index (χ1v) is 9.68. The van der Waals surface area contributed by atoms with E-state index in [4.69, 9.17) is 9.47 Å². The van der Waals surface area contributed by atoms with Crippen molar-refractivity contribution in [1.82, 2.24) is 15.1 Å². The molecule has 1 aliphatic rings. The lowest BCUT2D eigenvalue weighted by atomic mass is 10.1. The van der Waals surface area contributed by atoms with E-state index in [1.165, 1.54) is 4.68 Å². The summed E-state index contributed by atoms with van der Waals surface area (Å²) >= 11 is 0. The largest absolute Gasteiger partial charge is 0.493 e. The number of aromatic nitrogens is 2. The van der Waals surface area contributed by atoms with Crippen LogP contribution in [-0.4, -0.2) is 36.5 Å². The van der Waals surface area contributed by atoms with Gasteiger partial charge in [0.05, 0.1) is 19.9 Å². The molecule has 0 fully saturated rings. The fraction of sp³-hybridized carbons (Fsp3) is 0.476. The molecule has 0 atom stereocenters. The zero-order valence-corrected chi connectivity index (χ0v) is 16.5. The Morgan fingerprint density at radius 1 is 1.11 bits per heavy atom. The minimum absolute atomic E-state index is 0.0575. The molecule has 0 spiro atoms. The van der Waals surface area contributed by atoms with Gasteiger partial charge in [0.15, 0.2) is 11.5 Å². The van der Waals surface area contributed by atoms with E-state index in [0.717, 1.165) is 48.9 Å². The predicted molar refractivity (Wildman–Crippen MR) is 106 cm³/mol. The van der Waals surface area contributed by atoms with Gasteiger partial charge in [-0.25, -0.2) is 4.68 Å². The number of nitrogens with one attached hydrogen (secondary N) is 1. The molecule has 1 aromatic carbocycles. The van der Waals surface area contributed by atoms with Gasteiger partial charge >= 0.3 is 0 Å². The Bertz CT molecular complexity index is 892. The number of rotatable bonds is 7. The summed E-state index contributed by atoms with van der Waals surface area (Å²) < 4.78 is 11.8. The minimum Gasteiger partial charge on any atom is -0.493 e. The summed E-state index contributed by atoms with van der Waals surface area (Å²) in [6.45, 7) is 0.409. The SMILES string of the molecule is COc1ccc(CCNC(=O)Cn2nc3c(cc2=O)CCCCC3)cc1OC. The molecule has 28 heavy (non-hydrogen) atoms. The number of ether oxygens (including phenoxy) is 2. The molecule has 1 amide bonds. The van der Waals surface area contributed by atoms with E-state index in [9.17, 15) is 9.59 Å². The van der Waals surface area contributed by atoms with Crippen LogP contribution in [0.1, 0.15) is 36.1 Å². The zero-order chi connectivity index (χ0) is 19.9. The number of aryl methyl sites for hydroxylation is 2. The molecule has 1 N–H and O–H groups in total. The minimum atomic E-state index is -0.219. The highest BCUT2D eigenvalue weighted by Crippen LogP contribution is 2.27. The molecule has 0 radical (unpaired) electrons. The highest BCUT2D eigenvalue weighted by atomic mass is 16.5. The molecule has 0 bridgehead atoms. The van der Waals surface area contributed by atoms with Gasteiger partial charge in [0.2, 0.25) is 5.91 Å². The van der Waals surface area contributed by atoms with Gasteiger partial charge in [-0.1, -0.05) is 12.5 Å². The van der Waals surface area contributed by atoms with E-state index < -0.39 is 0 Å². The predicted octanol–water partition coefficient (Wildman–Crippen LogP) is 1.89. The molecule has 7 nitrogen and oxygen atoms in total. The number of fused-ring (bicyclic) bond motifs is 1. The number of amides is 1. The molecule has 0 saturated heterocycles. The van der Waals surface area contributed by atoms with Crippen molar-refractivity contribution in [3.63, 3.8) is 0 Å². The Hall–Kier alpha value is -2.83. The van der Waals surface area contributed by atoms with Gasteiger partial charge in [-0.05, 0) is 55.4 Å². The second-order valence-corrected chi connectivity index (χ2v) is 6.96. The van der Waals surface area contributed by atoms with E-state index >= 15 is 0 Å². The molecular weight excluding hydrogens is 358 g/mol. The summed E-state index contributed by atoms with van der Waals surface area (Å²) in [6.07, 6.45) is 5.75. The highest BCUT2D eigenvalue weighted by molar-refractivity contribution is 5.75. The van der Waals surface area contributed by atoms with Crippen LogP contribution in [0.5, 0.6) is 11.5 Å². The van der Waals surface area contributed by atoms with Crippen molar-refractivity contribution >= 4 is 5.91 Å². The molecule has 3 rings (SSSR count). The van der Waals surface area contributed by atoms with Crippen molar-refractivity contribution in [1.29, 1.82) is 0 Å². The second-order valence-electron chi connectivity index (χ2n) is 6.96. The maximum Gasteiger partial charge on any atom is 0.267 e. The first-order valence-electron chi connectivity index (χ1n) is 9.68. The molecular formula is C21H27N3O4. The smallest absolute Gasteiger partial charge is 0.267 e. The van der Waals surface area contributed by atoms with Crippen LogP contribution in [-0.2, 0) is 30.6 Å². The van der Waals surface area contributed by atoms with E-state index in [1.807, 2.05) is 18.2 Å². The summed E-state index contributed by atoms with van der Waals surface area (Å²) in [4.78, 5) is 24.5. The number of hydrogen-bond donors (Lipinski definition) is 1. The fourth-order valence-corrected chi connectivity index (χ4v) is 3.47.